The van der Waals surface area contributed by atoms with E-state index in [1.54, 1.807) is 0 Å². The molecular formula is C14H17ClN4O5S. The van der Waals surface area contributed by atoms with E-state index in [0.29, 0.717) is 17.1 Å². The SMILES string of the molecule is COc1ccc(S(=O)(=O)N2Cc3[nH]cnc3C[C@@H]2C(=O)NO)cc1.Cl. The number of H-pyrrole nitrogens is 1. The standard InChI is InChI=1S/C14H16N4O5S.ClH/c1-23-9-2-4-10(5-3-9)24(21,22)18-7-12-11(15-8-16-12)6-13(18)14(19)17-20;/h2-5,8,13,20H,6-7H2,1H3,(H,15,16)(H,17,19);1H/t13-;/m1./s1. The first-order chi connectivity index (χ1) is 11.5. The zero-order valence-electron chi connectivity index (χ0n) is 13.2. The van der Waals surface area contributed by atoms with Crippen LogP contribution < -0.4 is 10.2 Å². The van der Waals surface area contributed by atoms with E-state index >= 15 is 0 Å². The lowest BCUT2D eigenvalue weighted by atomic mass is 10.1. The second-order valence-corrected chi connectivity index (χ2v) is 7.14. The van der Waals surface area contributed by atoms with Gasteiger partial charge in [0, 0.05) is 6.42 Å². The smallest absolute Gasteiger partial charge is 0.262 e. The van der Waals surface area contributed by atoms with Gasteiger partial charge < -0.3 is 9.72 Å². The van der Waals surface area contributed by atoms with Gasteiger partial charge in [-0.1, -0.05) is 0 Å². The van der Waals surface area contributed by atoms with E-state index in [1.807, 2.05) is 0 Å². The van der Waals surface area contributed by atoms with Crippen molar-refractivity contribution in [2.24, 2.45) is 0 Å². The zero-order valence-corrected chi connectivity index (χ0v) is 14.8. The van der Waals surface area contributed by atoms with Crippen molar-refractivity contribution < 1.29 is 23.2 Å². The fourth-order valence-electron chi connectivity index (χ4n) is 2.65. The topological polar surface area (TPSA) is 125 Å². The van der Waals surface area contributed by atoms with Crippen molar-refractivity contribution in [2.75, 3.05) is 7.11 Å². The fraction of sp³-hybridized carbons (Fsp3) is 0.286. The average Bonchev–Trinajstić information content (AvgIpc) is 3.07. The second-order valence-electron chi connectivity index (χ2n) is 5.25. The van der Waals surface area contributed by atoms with Crippen molar-refractivity contribution in [3.63, 3.8) is 0 Å². The van der Waals surface area contributed by atoms with Gasteiger partial charge in [-0.25, -0.2) is 18.9 Å². The molecule has 2 aromatic rings. The van der Waals surface area contributed by atoms with E-state index in [-0.39, 0.29) is 30.3 Å². The van der Waals surface area contributed by atoms with Gasteiger partial charge in [-0.15, -0.1) is 12.4 Å². The summed E-state index contributed by atoms with van der Waals surface area (Å²) >= 11 is 0. The molecule has 1 aromatic carbocycles. The number of halogens is 1. The average molecular weight is 389 g/mol. The summed E-state index contributed by atoms with van der Waals surface area (Å²) in [5, 5.41) is 8.94. The molecule has 0 saturated carbocycles. The third kappa shape index (κ3) is 3.47. The van der Waals surface area contributed by atoms with Crippen LogP contribution in [0.15, 0.2) is 35.5 Å². The Kier molecular flexibility index (Phi) is 5.68. The largest absolute Gasteiger partial charge is 0.497 e. The Morgan fingerprint density at radius 1 is 1.40 bits per heavy atom. The molecule has 9 nitrogen and oxygen atoms in total. The second kappa shape index (κ2) is 7.40. The van der Waals surface area contributed by atoms with Crippen LogP contribution >= 0.6 is 12.4 Å². The Hall–Kier alpha value is -2.14. The van der Waals surface area contributed by atoms with E-state index in [9.17, 15) is 13.2 Å². The number of hydrogen-bond donors (Lipinski definition) is 3. The molecular weight excluding hydrogens is 372 g/mol. The van der Waals surface area contributed by atoms with E-state index < -0.39 is 22.0 Å². The van der Waals surface area contributed by atoms with Crippen LogP contribution in [0.3, 0.4) is 0 Å². The third-order valence-electron chi connectivity index (χ3n) is 3.93. The molecule has 25 heavy (non-hydrogen) atoms. The molecule has 11 heteroatoms. The molecule has 1 aromatic heterocycles. The van der Waals surface area contributed by atoms with Crippen molar-refractivity contribution in [1.82, 2.24) is 19.8 Å². The van der Waals surface area contributed by atoms with E-state index in [2.05, 4.69) is 9.97 Å². The Labute approximate surface area is 150 Å². The molecule has 3 rings (SSSR count). The van der Waals surface area contributed by atoms with Crippen LogP contribution in [-0.2, 0) is 27.8 Å². The predicted molar refractivity (Wildman–Crippen MR) is 89.0 cm³/mol. The van der Waals surface area contributed by atoms with Gasteiger partial charge in [0.1, 0.15) is 11.8 Å². The molecule has 0 bridgehead atoms. The van der Waals surface area contributed by atoms with Crippen LogP contribution in [0.5, 0.6) is 5.75 Å². The Balaban J connectivity index is 0.00000225. The van der Waals surface area contributed by atoms with Crippen molar-refractivity contribution in [1.29, 1.82) is 0 Å². The van der Waals surface area contributed by atoms with Gasteiger partial charge in [0.15, 0.2) is 0 Å². The minimum atomic E-state index is -3.95. The number of carbonyl (C=O) groups is 1. The maximum Gasteiger partial charge on any atom is 0.262 e. The Bertz CT molecular complexity index is 852. The highest BCUT2D eigenvalue weighted by molar-refractivity contribution is 7.89. The van der Waals surface area contributed by atoms with Crippen LogP contribution in [-0.4, -0.2) is 47.0 Å². The normalized spacial score (nSPS) is 17.3. The van der Waals surface area contributed by atoms with Crippen LogP contribution in [0.25, 0.3) is 0 Å². The summed E-state index contributed by atoms with van der Waals surface area (Å²) in [5.41, 5.74) is 2.75. The highest BCUT2D eigenvalue weighted by Crippen LogP contribution is 2.28. The number of nitrogens with zero attached hydrogens (tertiary/aromatic N) is 2. The number of methoxy groups -OCH3 is 1. The molecule has 0 radical (unpaired) electrons. The Morgan fingerprint density at radius 2 is 2.08 bits per heavy atom. The molecule has 3 N–H and O–H groups in total. The summed E-state index contributed by atoms with van der Waals surface area (Å²) in [6.07, 6.45) is 1.52. The van der Waals surface area contributed by atoms with Gasteiger partial charge in [-0.2, -0.15) is 4.31 Å². The van der Waals surface area contributed by atoms with Crippen molar-refractivity contribution in [3.8, 4) is 5.75 Å². The van der Waals surface area contributed by atoms with E-state index in [4.69, 9.17) is 9.94 Å². The maximum absolute atomic E-state index is 12.9. The summed E-state index contributed by atoms with van der Waals surface area (Å²) in [6, 6.07) is 4.78. The summed E-state index contributed by atoms with van der Waals surface area (Å²) in [4.78, 5) is 18.9. The van der Waals surface area contributed by atoms with Crippen LogP contribution in [0.4, 0.5) is 0 Å². The summed E-state index contributed by atoms with van der Waals surface area (Å²) in [7, 11) is -2.47. The quantitative estimate of drug-likeness (QED) is 0.516. The fourth-order valence-corrected chi connectivity index (χ4v) is 4.20. The number of nitrogens with one attached hydrogen (secondary N) is 2. The number of aromatic nitrogens is 2. The highest BCUT2D eigenvalue weighted by Gasteiger charge is 2.40. The lowest BCUT2D eigenvalue weighted by Gasteiger charge is -2.32. The number of hydroxylamine groups is 1. The van der Waals surface area contributed by atoms with Gasteiger partial charge in [0.25, 0.3) is 5.91 Å². The van der Waals surface area contributed by atoms with Crippen LogP contribution in [0.1, 0.15) is 11.4 Å². The molecule has 136 valence electrons. The molecule has 2 heterocycles. The number of fused-ring (bicyclic) bond motifs is 1. The summed E-state index contributed by atoms with van der Waals surface area (Å²) < 4.78 is 31.9. The molecule has 1 aliphatic rings. The number of ether oxygens (including phenoxy) is 1. The molecule has 1 amide bonds. The Morgan fingerprint density at radius 3 is 2.68 bits per heavy atom. The summed E-state index contributed by atoms with van der Waals surface area (Å²) in [6.45, 7) is -0.0399. The number of aromatic amines is 1. The number of rotatable bonds is 4. The lowest BCUT2D eigenvalue weighted by molar-refractivity contribution is -0.133. The van der Waals surface area contributed by atoms with Crippen LogP contribution in [0, 0.1) is 0 Å². The van der Waals surface area contributed by atoms with Crippen molar-refractivity contribution >= 4 is 28.3 Å². The van der Waals surface area contributed by atoms with Gasteiger partial charge >= 0.3 is 0 Å². The number of carbonyl (C=O) groups excluding carboxylic acids is 1. The first-order valence-corrected chi connectivity index (χ1v) is 8.52. The molecule has 1 atom stereocenters. The van der Waals surface area contributed by atoms with Gasteiger partial charge in [-0.3, -0.25) is 10.0 Å². The molecule has 0 unspecified atom stereocenters. The van der Waals surface area contributed by atoms with Crippen molar-refractivity contribution in [2.45, 2.75) is 23.9 Å². The minimum Gasteiger partial charge on any atom is -0.497 e. The number of amides is 1. The predicted octanol–water partition coefficient (Wildman–Crippen LogP) is 0.461. The number of imidazole rings is 1. The van der Waals surface area contributed by atoms with E-state index in [0.717, 1.165) is 4.31 Å². The number of benzene rings is 1. The van der Waals surface area contributed by atoms with E-state index in [1.165, 1.54) is 43.2 Å². The van der Waals surface area contributed by atoms with Gasteiger partial charge in [0.2, 0.25) is 10.0 Å². The molecule has 0 spiro atoms. The van der Waals surface area contributed by atoms with Crippen LogP contribution in [0.2, 0.25) is 0 Å². The first-order valence-electron chi connectivity index (χ1n) is 7.08. The molecule has 0 saturated heterocycles. The van der Waals surface area contributed by atoms with Gasteiger partial charge in [0.05, 0.1) is 36.3 Å². The maximum atomic E-state index is 12.9. The highest BCUT2D eigenvalue weighted by atomic mass is 35.5. The number of sulfonamides is 1. The van der Waals surface area contributed by atoms with Gasteiger partial charge in [-0.05, 0) is 24.3 Å². The first kappa shape index (κ1) is 19.2. The zero-order chi connectivity index (χ0) is 17.3. The lowest BCUT2D eigenvalue weighted by Crippen LogP contribution is -2.51. The molecule has 0 aliphatic carbocycles. The third-order valence-corrected chi connectivity index (χ3v) is 5.80. The monoisotopic (exact) mass is 388 g/mol. The molecule has 1 aliphatic heterocycles. The van der Waals surface area contributed by atoms with Crippen molar-refractivity contribution in [3.05, 3.63) is 42.0 Å². The number of hydrogen-bond acceptors (Lipinski definition) is 6. The minimum absolute atomic E-state index is 0. The molecule has 0 fully saturated rings. The summed E-state index contributed by atoms with van der Waals surface area (Å²) in [5.74, 6) is -0.283.